The number of non-ortho nitro benzene ring substituents is 1. The van der Waals surface area contributed by atoms with Gasteiger partial charge in [0.15, 0.2) is 0 Å². The Hall–Kier alpha value is -2.23. The second kappa shape index (κ2) is 16.8. The summed E-state index contributed by atoms with van der Waals surface area (Å²) in [7, 11) is 0. The van der Waals surface area contributed by atoms with Crippen molar-refractivity contribution in [2.45, 2.75) is 0 Å². The monoisotopic (exact) mass is 316 g/mol. The second-order valence-electron chi connectivity index (χ2n) is 2.74. The predicted octanol–water partition coefficient (Wildman–Crippen LogP) is 2.63. The van der Waals surface area contributed by atoms with Crippen molar-refractivity contribution in [2.24, 2.45) is 0 Å². The second-order valence-corrected chi connectivity index (χ2v) is 2.74. The van der Waals surface area contributed by atoms with Gasteiger partial charge in [-0.1, -0.05) is 6.07 Å². The molecule has 2 aromatic rings. The number of hydrogen-bond donors (Lipinski definition) is 1. The van der Waals surface area contributed by atoms with E-state index in [1.54, 1.807) is 0 Å². The van der Waals surface area contributed by atoms with E-state index >= 15 is 0 Å². The van der Waals surface area contributed by atoms with Crippen LogP contribution in [-0.4, -0.2) is 10.0 Å². The first-order chi connectivity index (χ1) is 9.20. The van der Waals surface area contributed by atoms with Gasteiger partial charge in [0.1, 0.15) is 5.75 Å². The number of nitrogens with zero attached hydrogens (tertiary/aromatic N) is 1. The zero-order valence-corrected chi connectivity index (χ0v) is 11.2. The molecule has 0 bridgehead atoms. The van der Waals surface area contributed by atoms with Gasteiger partial charge < -0.3 is 5.11 Å². The Morgan fingerprint density at radius 1 is 1.10 bits per heavy atom. The molecule has 0 aromatic heterocycles. The topological polar surface area (TPSA) is 103 Å². The Kier molecular flexibility index (Phi) is 19.2. The van der Waals surface area contributed by atoms with Gasteiger partial charge in [0.05, 0.1) is 11.0 Å². The predicted molar refractivity (Wildman–Crippen MR) is 64.7 cm³/mol. The van der Waals surface area contributed by atoms with E-state index in [-0.39, 0.29) is 28.5 Å². The molecule has 0 unspecified atom stereocenters. The number of benzene rings is 1. The zero-order valence-electron chi connectivity index (χ0n) is 10.1. The number of hydrogen-bond acceptors (Lipinski definition) is 3. The normalized spacial score (nSPS) is 6.80. The van der Waals surface area contributed by atoms with Gasteiger partial charge in [-0.25, -0.2) is 12.1 Å². The van der Waals surface area contributed by atoms with Gasteiger partial charge in [-0.3, -0.25) is 10.1 Å². The Morgan fingerprint density at radius 2 is 1.60 bits per heavy atom. The van der Waals surface area contributed by atoms with Crippen LogP contribution in [0.3, 0.4) is 0 Å². The fourth-order valence-electron chi connectivity index (χ4n) is 0.927. The molecule has 20 heavy (non-hydrogen) atoms. The average Bonchev–Trinajstić information content (AvgIpc) is 3.02. The van der Waals surface area contributed by atoms with Crippen molar-refractivity contribution in [3.8, 4) is 5.75 Å². The van der Waals surface area contributed by atoms with Crippen molar-refractivity contribution in [3.63, 3.8) is 0 Å². The van der Waals surface area contributed by atoms with E-state index in [0.717, 1.165) is 6.07 Å². The third-order valence-electron chi connectivity index (χ3n) is 1.60. The smallest absolute Gasteiger partial charge is 0 e. The first-order valence-corrected chi connectivity index (χ1v) is 4.71. The largest absolute Gasteiger partial charge is 0.214 e. The van der Waals surface area contributed by atoms with Crippen LogP contribution in [0, 0.1) is 23.4 Å². The van der Waals surface area contributed by atoms with Crippen LogP contribution in [0.25, 0.3) is 0 Å². The van der Waals surface area contributed by atoms with Gasteiger partial charge in [0, 0.05) is 23.1 Å². The molecule has 0 heterocycles. The minimum Gasteiger partial charge on any atom is -0.214 e. The van der Waals surface area contributed by atoms with E-state index in [1.165, 1.54) is 18.2 Å². The van der Waals surface area contributed by atoms with Crippen LogP contribution < -0.4 is 0 Å². The summed E-state index contributed by atoms with van der Waals surface area (Å²) in [5.74, 6) is -0.0887. The quantitative estimate of drug-likeness (QED) is 0.287. The van der Waals surface area contributed by atoms with Crippen LogP contribution >= 0.6 is 0 Å². The molecular weight excluding hydrogens is 306 g/mol. The van der Waals surface area contributed by atoms with Gasteiger partial charge in [0.25, 0.3) is 5.69 Å². The van der Waals surface area contributed by atoms with Crippen LogP contribution in [0.5, 0.6) is 5.75 Å². The molecule has 0 fully saturated rings. The standard InChI is InChI=1S/C6H5NO3.C5H5.2CO.Fe/c8-6-3-1-2-5(4-6)7(9)10;1-2-4-5-3-1;2*1-2;/h1-4,8H;1-5H;;;/q;-1;;;. The van der Waals surface area contributed by atoms with Crippen LogP contribution in [0.1, 0.15) is 0 Å². The summed E-state index contributed by atoms with van der Waals surface area (Å²) in [6.45, 7) is 9.00. The number of aromatic hydroxyl groups is 1. The SMILES string of the molecule is O=[N+]([O-])c1cccc(O)c1.[C-]#[O+].[C-]#[O+].[Fe].c1cc[cH-]c1. The van der Waals surface area contributed by atoms with Gasteiger partial charge in [-0.15, -0.1) is 0 Å². The van der Waals surface area contributed by atoms with Crippen molar-refractivity contribution >= 4 is 5.69 Å². The third-order valence-corrected chi connectivity index (χ3v) is 1.60. The molecule has 2 rings (SSSR count). The van der Waals surface area contributed by atoms with Gasteiger partial charge in [0.2, 0.25) is 0 Å². The van der Waals surface area contributed by atoms with Crippen molar-refractivity contribution in [3.05, 3.63) is 78.0 Å². The van der Waals surface area contributed by atoms with E-state index in [9.17, 15) is 10.1 Å². The molecule has 0 aliphatic carbocycles. The Balaban J connectivity index is -0.000000246. The Morgan fingerprint density at radius 3 is 1.85 bits per heavy atom. The van der Waals surface area contributed by atoms with E-state index in [0.29, 0.717) is 0 Å². The molecule has 0 spiro atoms. The third kappa shape index (κ3) is 12.2. The molecule has 0 aliphatic heterocycles. The van der Waals surface area contributed by atoms with Crippen molar-refractivity contribution < 1.29 is 36.4 Å². The van der Waals surface area contributed by atoms with Crippen LogP contribution in [0.15, 0.2) is 54.6 Å². The molecule has 0 saturated carbocycles. The van der Waals surface area contributed by atoms with Crippen molar-refractivity contribution in [2.75, 3.05) is 0 Å². The van der Waals surface area contributed by atoms with E-state index in [1.807, 2.05) is 30.3 Å². The molecule has 0 aliphatic rings. The minimum absolute atomic E-state index is 0. The van der Waals surface area contributed by atoms with E-state index < -0.39 is 4.92 Å². The molecule has 7 heteroatoms. The fraction of sp³-hybridized carbons (Fsp3) is 0. The summed E-state index contributed by atoms with van der Waals surface area (Å²) in [6, 6.07) is 15.2. The molecule has 0 atom stereocenters. The maximum Gasteiger partial charge on any atom is 0 e. The molecule has 1 N–H and O–H groups in total. The number of rotatable bonds is 1. The first-order valence-electron chi connectivity index (χ1n) is 4.71. The molecule has 106 valence electrons. The molecular formula is C13H10FeNO5-. The number of phenols is 1. The summed E-state index contributed by atoms with van der Waals surface area (Å²) in [4.78, 5) is 9.49. The maximum absolute atomic E-state index is 10.0. The summed E-state index contributed by atoms with van der Waals surface area (Å²) in [5, 5.41) is 18.8. The van der Waals surface area contributed by atoms with Gasteiger partial charge in [-0.2, -0.15) is 18.2 Å². The Bertz CT molecular complexity index is 470. The average molecular weight is 316 g/mol. The number of nitro benzene ring substituents is 1. The molecule has 0 radical (unpaired) electrons. The van der Waals surface area contributed by atoms with Crippen LogP contribution in [0.4, 0.5) is 5.69 Å². The summed E-state index contributed by atoms with van der Waals surface area (Å²) < 4.78 is 15.0. The van der Waals surface area contributed by atoms with Gasteiger partial charge >= 0.3 is 22.6 Å². The summed E-state index contributed by atoms with van der Waals surface area (Å²) in [5.41, 5.74) is -0.0972. The fourth-order valence-corrected chi connectivity index (χ4v) is 0.927. The molecule has 2 aromatic carbocycles. The molecule has 0 saturated heterocycles. The first kappa shape index (κ1) is 22.9. The van der Waals surface area contributed by atoms with Gasteiger partial charge in [-0.05, 0) is 6.07 Å². The Labute approximate surface area is 126 Å². The number of nitro groups is 1. The van der Waals surface area contributed by atoms with E-state index in [4.69, 9.17) is 14.4 Å². The van der Waals surface area contributed by atoms with Crippen LogP contribution in [-0.2, 0) is 26.4 Å². The maximum atomic E-state index is 10.0. The van der Waals surface area contributed by atoms with Crippen molar-refractivity contribution in [1.29, 1.82) is 0 Å². The molecule has 6 nitrogen and oxygen atoms in total. The summed E-state index contributed by atoms with van der Waals surface area (Å²) in [6.07, 6.45) is 0. The summed E-state index contributed by atoms with van der Waals surface area (Å²) >= 11 is 0. The molecule has 0 amide bonds. The zero-order chi connectivity index (χ0) is 15.1. The minimum atomic E-state index is -0.556. The van der Waals surface area contributed by atoms with Crippen LogP contribution in [0.2, 0.25) is 0 Å². The number of phenolic OH excluding ortho intramolecular Hbond substituents is 1. The van der Waals surface area contributed by atoms with E-state index in [2.05, 4.69) is 13.3 Å². The van der Waals surface area contributed by atoms with Crippen molar-refractivity contribution in [1.82, 2.24) is 0 Å².